The lowest BCUT2D eigenvalue weighted by atomic mass is 10.1. The van der Waals surface area contributed by atoms with Gasteiger partial charge >= 0.3 is 0 Å². The molecular weight excluding hydrogens is 340 g/mol. The zero-order valence-corrected chi connectivity index (χ0v) is 15.9. The van der Waals surface area contributed by atoms with Crippen molar-refractivity contribution in [3.05, 3.63) is 65.9 Å². The third-order valence-electron chi connectivity index (χ3n) is 4.24. The number of rotatable bonds is 8. The number of carbonyl (C=O) groups is 1. The quantitative estimate of drug-likeness (QED) is 0.376. The van der Waals surface area contributed by atoms with Gasteiger partial charge in [-0.05, 0) is 48.2 Å². The van der Waals surface area contributed by atoms with Gasteiger partial charge in [0.2, 0.25) is 5.78 Å². The summed E-state index contributed by atoms with van der Waals surface area (Å²) < 4.78 is 16.8. The summed E-state index contributed by atoms with van der Waals surface area (Å²) in [6, 6.07) is 14.9. The zero-order valence-electron chi connectivity index (χ0n) is 15.9. The van der Waals surface area contributed by atoms with Gasteiger partial charge in [-0.3, -0.25) is 4.79 Å². The first-order valence-electron chi connectivity index (χ1n) is 9.08. The normalized spacial score (nSPS) is 11.4. The highest BCUT2D eigenvalue weighted by atomic mass is 16.5. The lowest BCUT2D eigenvalue weighted by Crippen LogP contribution is -2.02. The maximum Gasteiger partial charge on any atom is 0.221 e. The Hall–Kier alpha value is -3.01. The molecule has 27 heavy (non-hydrogen) atoms. The average Bonchev–Trinajstić information content (AvgIpc) is 3.10. The number of carbonyl (C=O) groups excluding carboxylic acids is 1. The molecule has 0 bridgehead atoms. The SMILES string of the molecule is COc1cc(C=CC(=O)c2cc3ccccc3o2)ccc1OCCC(C)C. The molecule has 0 unspecified atom stereocenters. The topological polar surface area (TPSA) is 48.7 Å². The fraction of sp³-hybridized carbons (Fsp3) is 0.261. The number of ketones is 1. The van der Waals surface area contributed by atoms with Gasteiger partial charge in [-0.25, -0.2) is 0 Å². The molecule has 0 aliphatic rings. The van der Waals surface area contributed by atoms with Crippen LogP contribution in [0.2, 0.25) is 0 Å². The van der Waals surface area contributed by atoms with Gasteiger partial charge in [0, 0.05) is 5.39 Å². The van der Waals surface area contributed by atoms with Crippen LogP contribution < -0.4 is 9.47 Å². The van der Waals surface area contributed by atoms with Gasteiger partial charge in [-0.2, -0.15) is 0 Å². The van der Waals surface area contributed by atoms with Crippen LogP contribution in [0.15, 0.2) is 59.0 Å². The van der Waals surface area contributed by atoms with E-state index < -0.39 is 0 Å². The number of para-hydroxylation sites is 1. The van der Waals surface area contributed by atoms with E-state index in [9.17, 15) is 4.79 Å². The van der Waals surface area contributed by atoms with E-state index in [0.717, 1.165) is 17.4 Å². The van der Waals surface area contributed by atoms with E-state index >= 15 is 0 Å². The van der Waals surface area contributed by atoms with E-state index in [4.69, 9.17) is 13.9 Å². The highest BCUT2D eigenvalue weighted by Crippen LogP contribution is 2.29. The van der Waals surface area contributed by atoms with Crippen LogP contribution in [-0.2, 0) is 0 Å². The van der Waals surface area contributed by atoms with Crippen molar-refractivity contribution in [1.82, 2.24) is 0 Å². The Balaban J connectivity index is 1.71. The van der Waals surface area contributed by atoms with Crippen molar-refractivity contribution < 1.29 is 18.7 Å². The van der Waals surface area contributed by atoms with Gasteiger partial charge < -0.3 is 13.9 Å². The second kappa shape index (κ2) is 8.58. The fourth-order valence-corrected chi connectivity index (χ4v) is 2.67. The van der Waals surface area contributed by atoms with Crippen LogP contribution in [0, 0.1) is 5.92 Å². The molecule has 1 heterocycles. The summed E-state index contributed by atoms with van der Waals surface area (Å²) in [7, 11) is 1.61. The lowest BCUT2D eigenvalue weighted by molar-refractivity contribution is 0.102. The summed E-state index contributed by atoms with van der Waals surface area (Å²) in [5, 5.41) is 0.916. The van der Waals surface area contributed by atoms with Crippen molar-refractivity contribution in [3.8, 4) is 11.5 Å². The molecule has 1 aromatic heterocycles. The van der Waals surface area contributed by atoms with Gasteiger partial charge in [0.15, 0.2) is 17.3 Å². The van der Waals surface area contributed by atoms with Gasteiger partial charge in [-0.15, -0.1) is 0 Å². The fourth-order valence-electron chi connectivity index (χ4n) is 2.67. The minimum atomic E-state index is -0.178. The molecule has 0 amide bonds. The van der Waals surface area contributed by atoms with Crippen molar-refractivity contribution in [2.75, 3.05) is 13.7 Å². The Labute approximate surface area is 159 Å². The molecule has 0 radical (unpaired) electrons. The minimum absolute atomic E-state index is 0.178. The number of hydrogen-bond acceptors (Lipinski definition) is 4. The summed E-state index contributed by atoms with van der Waals surface area (Å²) >= 11 is 0. The largest absolute Gasteiger partial charge is 0.493 e. The Kier molecular flexibility index (Phi) is 5.97. The Morgan fingerprint density at radius 3 is 2.67 bits per heavy atom. The summed E-state index contributed by atoms with van der Waals surface area (Å²) in [5.74, 6) is 2.09. The Morgan fingerprint density at radius 1 is 1.11 bits per heavy atom. The molecule has 2 aromatic carbocycles. The number of methoxy groups -OCH3 is 1. The van der Waals surface area contributed by atoms with Gasteiger partial charge in [0.05, 0.1) is 13.7 Å². The number of ether oxygens (including phenoxy) is 2. The van der Waals surface area contributed by atoms with Crippen LogP contribution in [0.1, 0.15) is 36.4 Å². The van der Waals surface area contributed by atoms with Crippen LogP contribution in [0.25, 0.3) is 17.0 Å². The lowest BCUT2D eigenvalue weighted by Gasteiger charge is -2.12. The first kappa shape index (κ1) is 18.8. The van der Waals surface area contributed by atoms with E-state index in [0.29, 0.717) is 35.4 Å². The van der Waals surface area contributed by atoms with Crippen LogP contribution in [0.5, 0.6) is 11.5 Å². The first-order chi connectivity index (χ1) is 13.1. The molecular formula is C23H24O4. The number of allylic oxidation sites excluding steroid dienone is 1. The van der Waals surface area contributed by atoms with Crippen molar-refractivity contribution in [2.45, 2.75) is 20.3 Å². The highest BCUT2D eigenvalue weighted by molar-refractivity contribution is 6.06. The van der Waals surface area contributed by atoms with E-state index in [1.54, 1.807) is 19.3 Å². The Morgan fingerprint density at radius 2 is 1.93 bits per heavy atom. The van der Waals surface area contributed by atoms with Crippen LogP contribution in [0.4, 0.5) is 0 Å². The van der Waals surface area contributed by atoms with Crippen LogP contribution >= 0.6 is 0 Å². The molecule has 0 saturated heterocycles. The molecule has 4 nitrogen and oxygen atoms in total. The summed E-state index contributed by atoms with van der Waals surface area (Å²) in [6.07, 6.45) is 4.23. The average molecular weight is 364 g/mol. The third kappa shape index (κ3) is 4.79. The molecule has 0 saturated carbocycles. The molecule has 0 aliphatic heterocycles. The van der Waals surface area contributed by atoms with E-state index in [1.807, 2.05) is 42.5 Å². The van der Waals surface area contributed by atoms with Gasteiger partial charge in [-0.1, -0.05) is 44.2 Å². The predicted octanol–water partition coefficient (Wildman–Crippen LogP) is 5.76. The van der Waals surface area contributed by atoms with Crippen molar-refractivity contribution in [1.29, 1.82) is 0 Å². The molecule has 0 atom stereocenters. The second-order valence-electron chi connectivity index (χ2n) is 6.79. The minimum Gasteiger partial charge on any atom is -0.493 e. The van der Waals surface area contributed by atoms with E-state index in [1.165, 1.54) is 6.08 Å². The van der Waals surface area contributed by atoms with Gasteiger partial charge in [0.1, 0.15) is 5.58 Å². The molecule has 3 aromatic rings. The summed E-state index contributed by atoms with van der Waals surface area (Å²) in [5.41, 5.74) is 1.56. The first-order valence-corrected chi connectivity index (χ1v) is 9.08. The summed E-state index contributed by atoms with van der Waals surface area (Å²) in [4.78, 5) is 12.4. The molecule has 3 rings (SSSR count). The Bertz CT molecular complexity index is 917. The molecule has 0 spiro atoms. The third-order valence-corrected chi connectivity index (χ3v) is 4.24. The molecule has 4 heteroatoms. The summed E-state index contributed by atoms with van der Waals surface area (Å²) in [6.45, 7) is 4.97. The number of benzene rings is 2. The number of fused-ring (bicyclic) bond motifs is 1. The van der Waals surface area contributed by atoms with E-state index in [2.05, 4.69) is 13.8 Å². The maximum atomic E-state index is 12.4. The van der Waals surface area contributed by atoms with Crippen LogP contribution in [-0.4, -0.2) is 19.5 Å². The van der Waals surface area contributed by atoms with Crippen molar-refractivity contribution in [2.24, 2.45) is 5.92 Å². The molecule has 0 fully saturated rings. The number of furan rings is 1. The predicted molar refractivity (Wildman–Crippen MR) is 108 cm³/mol. The standard InChI is InChI=1S/C23H24O4/c1-16(2)12-13-26-21-11-9-17(14-23(21)25-3)8-10-19(24)22-15-18-6-4-5-7-20(18)27-22/h4-11,14-16H,12-13H2,1-3H3. The van der Waals surface area contributed by atoms with Gasteiger partial charge in [0.25, 0.3) is 0 Å². The molecule has 0 N–H and O–H groups in total. The van der Waals surface area contributed by atoms with Crippen molar-refractivity contribution >= 4 is 22.8 Å². The highest BCUT2D eigenvalue weighted by Gasteiger charge is 2.10. The zero-order chi connectivity index (χ0) is 19.2. The van der Waals surface area contributed by atoms with Crippen molar-refractivity contribution in [3.63, 3.8) is 0 Å². The second-order valence-corrected chi connectivity index (χ2v) is 6.79. The number of hydrogen-bond donors (Lipinski definition) is 0. The molecule has 140 valence electrons. The monoisotopic (exact) mass is 364 g/mol. The van der Waals surface area contributed by atoms with Crippen LogP contribution in [0.3, 0.4) is 0 Å². The smallest absolute Gasteiger partial charge is 0.221 e. The maximum absolute atomic E-state index is 12.4. The molecule has 0 aliphatic carbocycles. The van der Waals surface area contributed by atoms with E-state index in [-0.39, 0.29) is 5.78 Å².